The third kappa shape index (κ3) is 4.60. The van der Waals surface area contributed by atoms with Crippen molar-refractivity contribution in [3.63, 3.8) is 0 Å². The van der Waals surface area contributed by atoms with E-state index in [9.17, 15) is 9.59 Å². The molecule has 0 aliphatic carbocycles. The lowest BCUT2D eigenvalue weighted by Gasteiger charge is -2.29. The molecule has 1 N–H and O–H groups in total. The monoisotopic (exact) mass is 343 g/mol. The highest BCUT2D eigenvalue weighted by molar-refractivity contribution is 5.88. The van der Waals surface area contributed by atoms with Crippen LogP contribution in [0.4, 0.5) is 0 Å². The van der Waals surface area contributed by atoms with Gasteiger partial charge in [-0.05, 0) is 44.2 Å². The van der Waals surface area contributed by atoms with Gasteiger partial charge in [-0.1, -0.05) is 23.8 Å². The van der Waals surface area contributed by atoms with Gasteiger partial charge in [0.2, 0.25) is 11.8 Å². The van der Waals surface area contributed by atoms with Crippen molar-refractivity contribution in [3.8, 4) is 0 Å². The van der Waals surface area contributed by atoms with E-state index in [1.54, 1.807) is 0 Å². The summed E-state index contributed by atoms with van der Waals surface area (Å²) in [5.74, 6) is 0.109. The minimum absolute atomic E-state index is 0.0101. The lowest BCUT2D eigenvalue weighted by atomic mass is 10.0. The molecule has 1 aromatic rings. The zero-order valence-electron chi connectivity index (χ0n) is 15.4. The number of benzene rings is 1. The second-order valence-electron chi connectivity index (χ2n) is 7.40. The zero-order valence-corrected chi connectivity index (χ0v) is 15.4. The fourth-order valence-electron chi connectivity index (χ4n) is 3.82. The summed E-state index contributed by atoms with van der Waals surface area (Å²) in [6.45, 7) is 8.66. The highest BCUT2D eigenvalue weighted by atomic mass is 16.2. The highest BCUT2D eigenvalue weighted by Gasteiger charge is 2.29. The number of hydrogen-bond acceptors (Lipinski definition) is 3. The number of amides is 2. The van der Waals surface area contributed by atoms with Crippen LogP contribution in [0.25, 0.3) is 0 Å². The summed E-state index contributed by atoms with van der Waals surface area (Å²) in [6.07, 6.45) is 3.12. The van der Waals surface area contributed by atoms with Gasteiger partial charge in [0.15, 0.2) is 0 Å². The van der Waals surface area contributed by atoms with Crippen molar-refractivity contribution < 1.29 is 9.59 Å². The first kappa shape index (κ1) is 17.9. The Labute approximate surface area is 150 Å². The first-order valence-corrected chi connectivity index (χ1v) is 9.39. The Morgan fingerprint density at radius 3 is 2.76 bits per heavy atom. The Morgan fingerprint density at radius 1 is 1.16 bits per heavy atom. The van der Waals surface area contributed by atoms with Gasteiger partial charge in [0.25, 0.3) is 0 Å². The van der Waals surface area contributed by atoms with Crippen molar-refractivity contribution in [1.82, 2.24) is 15.1 Å². The summed E-state index contributed by atoms with van der Waals surface area (Å²) in [5.41, 5.74) is 4.00. The number of aryl methyl sites for hydroxylation is 2. The molecule has 0 aromatic heterocycles. The SMILES string of the molecule is Cc1ccc(CN2CCCN(C(=O)[C@H]3CCCC(=O)N3)CC2)c(C)c1. The minimum Gasteiger partial charge on any atom is -0.344 e. The van der Waals surface area contributed by atoms with Crippen LogP contribution in [0.15, 0.2) is 18.2 Å². The van der Waals surface area contributed by atoms with Crippen molar-refractivity contribution in [2.24, 2.45) is 0 Å². The largest absolute Gasteiger partial charge is 0.344 e. The van der Waals surface area contributed by atoms with Gasteiger partial charge in [0.05, 0.1) is 0 Å². The second kappa shape index (κ2) is 8.00. The molecule has 0 bridgehead atoms. The van der Waals surface area contributed by atoms with Crippen molar-refractivity contribution >= 4 is 11.8 Å². The van der Waals surface area contributed by atoms with Crippen LogP contribution in [-0.2, 0) is 16.1 Å². The van der Waals surface area contributed by atoms with Crippen molar-refractivity contribution in [2.45, 2.75) is 52.1 Å². The molecule has 1 aromatic carbocycles. The number of hydrogen-bond donors (Lipinski definition) is 1. The Morgan fingerprint density at radius 2 is 2.00 bits per heavy atom. The van der Waals surface area contributed by atoms with Crippen LogP contribution in [0.5, 0.6) is 0 Å². The van der Waals surface area contributed by atoms with Gasteiger partial charge in [-0.25, -0.2) is 0 Å². The van der Waals surface area contributed by atoms with Crippen LogP contribution >= 0.6 is 0 Å². The van der Waals surface area contributed by atoms with Crippen molar-refractivity contribution in [3.05, 3.63) is 34.9 Å². The molecule has 0 spiro atoms. The van der Waals surface area contributed by atoms with Crippen LogP contribution in [0.2, 0.25) is 0 Å². The number of nitrogens with one attached hydrogen (secondary N) is 1. The lowest BCUT2D eigenvalue weighted by molar-refractivity contribution is -0.138. The number of rotatable bonds is 3. The molecule has 2 aliphatic heterocycles. The number of carbonyl (C=O) groups is 2. The molecule has 0 unspecified atom stereocenters. The maximum Gasteiger partial charge on any atom is 0.245 e. The maximum absolute atomic E-state index is 12.7. The van der Waals surface area contributed by atoms with Crippen LogP contribution < -0.4 is 5.32 Å². The molecule has 2 fully saturated rings. The molecular weight excluding hydrogens is 314 g/mol. The van der Waals surface area contributed by atoms with E-state index in [0.717, 1.165) is 52.0 Å². The van der Waals surface area contributed by atoms with E-state index >= 15 is 0 Å². The van der Waals surface area contributed by atoms with E-state index in [4.69, 9.17) is 0 Å². The standard InChI is InChI=1S/C20H29N3O2/c1-15-7-8-17(16(2)13-15)14-22-9-4-10-23(12-11-22)20(25)18-5-3-6-19(24)21-18/h7-8,13,18H,3-6,9-12,14H2,1-2H3,(H,21,24)/t18-/m1/s1. The third-order valence-electron chi connectivity index (χ3n) is 5.32. The number of piperidine rings is 1. The molecule has 3 rings (SSSR count). The molecule has 2 aliphatic rings. The molecule has 1 atom stereocenters. The Balaban J connectivity index is 1.56. The van der Waals surface area contributed by atoms with E-state index in [-0.39, 0.29) is 17.9 Å². The molecule has 2 amide bonds. The van der Waals surface area contributed by atoms with E-state index in [2.05, 4.69) is 42.3 Å². The molecule has 0 saturated carbocycles. The summed E-state index contributed by atoms with van der Waals surface area (Å²) in [4.78, 5) is 28.6. The quantitative estimate of drug-likeness (QED) is 0.913. The first-order valence-electron chi connectivity index (χ1n) is 9.39. The molecule has 5 nitrogen and oxygen atoms in total. The number of carbonyl (C=O) groups excluding carboxylic acids is 2. The number of nitrogens with zero attached hydrogens (tertiary/aromatic N) is 2. The minimum atomic E-state index is -0.313. The van der Waals surface area contributed by atoms with Crippen LogP contribution in [0, 0.1) is 13.8 Å². The van der Waals surface area contributed by atoms with Gasteiger partial charge in [0, 0.05) is 39.1 Å². The summed E-state index contributed by atoms with van der Waals surface area (Å²) in [6, 6.07) is 6.30. The molecule has 2 heterocycles. The van der Waals surface area contributed by atoms with Crippen LogP contribution in [-0.4, -0.2) is 53.8 Å². The lowest BCUT2D eigenvalue weighted by Crippen LogP contribution is -2.51. The molecular formula is C20H29N3O2. The predicted octanol–water partition coefficient (Wildman–Crippen LogP) is 2.01. The topological polar surface area (TPSA) is 52.7 Å². The van der Waals surface area contributed by atoms with Gasteiger partial charge in [0.1, 0.15) is 6.04 Å². The fourth-order valence-corrected chi connectivity index (χ4v) is 3.82. The van der Waals surface area contributed by atoms with Gasteiger partial charge in [-0.15, -0.1) is 0 Å². The Hall–Kier alpha value is -1.88. The van der Waals surface area contributed by atoms with E-state index in [0.29, 0.717) is 6.42 Å². The molecule has 136 valence electrons. The maximum atomic E-state index is 12.7. The van der Waals surface area contributed by atoms with E-state index in [1.807, 2.05) is 4.90 Å². The van der Waals surface area contributed by atoms with Crippen molar-refractivity contribution in [2.75, 3.05) is 26.2 Å². The molecule has 25 heavy (non-hydrogen) atoms. The second-order valence-corrected chi connectivity index (χ2v) is 7.40. The predicted molar refractivity (Wildman–Crippen MR) is 98.2 cm³/mol. The zero-order chi connectivity index (χ0) is 17.8. The third-order valence-corrected chi connectivity index (χ3v) is 5.32. The van der Waals surface area contributed by atoms with Crippen LogP contribution in [0.3, 0.4) is 0 Å². The summed E-state index contributed by atoms with van der Waals surface area (Å²) >= 11 is 0. The Kier molecular flexibility index (Phi) is 5.74. The fraction of sp³-hybridized carbons (Fsp3) is 0.600. The summed E-state index contributed by atoms with van der Waals surface area (Å²) in [5, 5.41) is 2.85. The van der Waals surface area contributed by atoms with Gasteiger partial charge >= 0.3 is 0 Å². The van der Waals surface area contributed by atoms with Crippen LogP contribution in [0.1, 0.15) is 42.4 Å². The van der Waals surface area contributed by atoms with Crippen molar-refractivity contribution in [1.29, 1.82) is 0 Å². The summed E-state index contributed by atoms with van der Waals surface area (Å²) < 4.78 is 0. The Bertz CT molecular complexity index is 644. The first-order chi connectivity index (χ1) is 12.0. The summed E-state index contributed by atoms with van der Waals surface area (Å²) in [7, 11) is 0. The molecule has 5 heteroatoms. The average molecular weight is 343 g/mol. The normalized spacial score (nSPS) is 22.4. The van der Waals surface area contributed by atoms with Gasteiger partial charge in [-0.2, -0.15) is 0 Å². The van der Waals surface area contributed by atoms with E-state index < -0.39 is 0 Å². The van der Waals surface area contributed by atoms with Gasteiger partial charge < -0.3 is 10.2 Å². The molecule has 2 saturated heterocycles. The highest BCUT2D eigenvalue weighted by Crippen LogP contribution is 2.16. The molecule has 0 radical (unpaired) electrons. The smallest absolute Gasteiger partial charge is 0.245 e. The van der Waals surface area contributed by atoms with E-state index in [1.165, 1.54) is 16.7 Å². The van der Waals surface area contributed by atoms with Gasteiger partial charge in [-0.3, -0.25) is 14.5 Å². The average Bonchev–Trinajstić information content (AvgIpc) is 2.82.